The van der Waals surface area contributed by atoms with E-state index in [-0.39, 0.29) is 19.1 Å². The number of hydrogen-bond acceptors (Lipinski definition) is 4. The number of amides is 1. The van der Waals surface area contributed by atoms with Gasteiger partial charge in [-0.3, -0.25) is 9.59 Å². The third-order valence-electron chi connectivity index (χ3n) is 4.58. The van der Waals surface area contributed by atoms with Crippen molar-refractivity contribution in [2.45, 2.75) is 96.8 Å². The fourth-order valence-corrected chi connectivity index (χ4v) is 2.83. The molecule has 0 saturated carbocycles. The average Bonchev–Trinajstić information content (AvgIpc) is 2.70. The fraction of sp³-hybridized carbons (Fsp3) is 0.826. The second-order valence-electron chi connectivity index (χ2n) is 7.49. The Kier molecular flexibility index (Phi) is 25.3. The Morgan fingerprint density at radius 1 is 0.862 bits per heavy atom. The molecule has 29 heavy (non-hydrogen) atoms. The van der Waals surface area contributed by atoms with Crippen LogP contribution >= 0.6 is 0 Å². The van der Waals surface area contributed by atoms with E-state index in [1.807, 2.05) is 0 Å². The van der Waals surface area contributed by atoms with Crippen molar-refractivity contribution < 1.29 is 19.8 Å². The molecule has 0 aromatic rings. The zero-order valence-electron chi connectivity index (χ0n) is 18.9. The van der Waals surface area contributed by atoms with Gasteiger partial charge < -0.3 is 20.8 Å². The summed E-state index contributed by atoms with van der Waals surface area (Å²) in [4.78, 5) is 23.5. The smallest absolute Gasteiger partial charge is 0.323 e. The summed E-state index contributed by atoms with van der Waals surface area (Å²) in [5.74, 6) is -1.03. The first kappa shape index (κ1) is 29.8. The van der Waals surface area contributed by atoms with Crippen LogP contribution in [0.1, 0.15) is 96.8 Å². The van der Waals surface area contributed by atoms with E-state index in [9.17, 15) is 9.59 Å². The van der Waals surface area contributed by atoms with Crippen LogP contribution in [0.4, 0.5) is 0 Å². The maximum absolute atomic E-state index is 11.7. The highest BCUT2D eigenvalue weighted by Crippen LogP contribution is 2.10. The van der Waals surface area contributed by atoms with Crippen molar-refractivity contribution in [3.63, 3.8) is 0 Å². The van der Waals surface area contributed by atoms with Crippen LogP contribution in [0, 0.1) is 0 Å². The topological polar surface area (TPSA) is 104 Å². The number of aliphatic hydroxyl groups excluding tert-OH is 1. The van der Waals surface area contributed by atoms with Crippen LogP contribution in [-0.2, 0) is 9.59 Å². The average molecular weight is 415 g/mol. The quantitative estimate of drug-likeness (QED) is 0.226. The summed E-state index contributed by atoms with van der Waals surface area (Å²) in [7, 11) is 1.55. The van der Waals surface area contributed by atoms with Crippen LogP contribution in [0.15, 0.2) is 12.2 Å². The van der Waals surface area contributed by atoms with Crippen LogP contribution in [0.2, 0.25) is 0 Å². The SMILES string of the molecule is CCCCCCCCC=CCCCCCCCC(=O)N(C)CC(=O)O.NCCO. The molecule has 0 heterocycles. The van der Waals surface area contributed by atoms with Gasteiger partial charge in [-0.05, 0) is 32.1 Å². The second kappa shape index (κ2) is 24.6. The van der Waals surface area contributed by atoms with Crippen LogP contribution in [0.5, 0.6) is 0 Å². The van der Waals surface area contributed by atoms with Gasteiger partial charge in [0, 0.05) is 20.0 Å². The third-order valence-corrected chi connectivity index (χ3v) is 4.58. The first-order valence-electron chi connectivity index (χ1n) is 11.4. The Hall–Kier alpha value is -1.40. The maximum atomic E-state index is 11.7. The number of aliphatic carboxylic acids is 1. The number of carbonyl (C=O) groups excluding carboxylic acids is 1. The molecule has 172 valence electrons. The van der Waals surface area contributed by atoms with Gasteiger partial charge in [0.2, 0.25) is 5.91 Å². The van der Waals surface area contributed by atoms with E-state index in [2.05, 4.69) is 19.1 Å². The number of carboxylic acids is 1. The van der Waals surface area contributed by atoms with Crippen molar-refractivity contribution in [1.82, 2.24) is 4.90 Å². The van der Waals surface area contributed by atoms with Crippen molar-refractivity contribution in [3.8, 4) is 0 Å². The summed E-state index contributed by atoms with van der Waals surface area (Å²) in [5, 5.41) is 16.4. The van der Waals surface area contributed by atoms with Gasteiger partial charge in [0.05, 0.1) is 6.61 Å². The Morgan fingerprint density at radius 2 is 1.31 bits per heavy atom. The van der Waals surface area contributed by atoms with Gasteiger partial charge in [-0.25, -0.2) is 0 Å². The van der Waals surface area contributed by atoms with E-state index < -0.39 is 5.97 Å². The van der Waals surface area contributed by atoms with Gasteiger partial charge in [-0.15, -0.1) is 0 Å². The van der Waals surface area contributed by atoms with Gasteiger partial charge in [0.1, 0.15) is 6.54 Å². The minimum Gasteiger partial charge on any atom is -0.480 e. The molecular formula is C23H46N2O4. The van der Waals surface area contributed by atoms with Crippen LogP contribution in [0.3, 0.4) is 0 Å². The highest BCUT2D eigenvalue weighted by atomic mass is 16.4. The Morgan fingerprint density at radius 3 is 1.76 bits per heavy atom. The van der Waals surface area contributed by atoms with Crippen molar-refractivity contribution in [3.05, 3.63) is 12.2 Å². The van der Waals surface area contributed by atoms with Gasteiger partial charge >= 0.3 is 5.97 Å². The zero-order chi connectivity index (χ0) is 22.2. The normalized spacial score (nSPS) is 10.6. The van der Waals surface area contributed by atoms with E-state index in [1.54, 1.807) is 7.05 Å². The Balaban J connectivity index is 0. The molecule has 0 aliphatic rings. The molecule has 0 unspecified atom stereocenters. The molecule has 0 rings (SSSR count). The molecule has 0 atom stereocenters. The lowest BCUT2D eigenvalue weighted by molar-refractivity contribution is -0.143. The van der Waals surface area contributed by atoms with Crippen molar-refractivity contribution >= 4 is 11.9 Å². The molecule has 0 spiro atoms. The molecule has 6 heteroatoms. The Bertz CT molecular complexity index is 398. The first-order valence-corrected chi connectivity index (χ1v) is 11.4. The third kappa shape index (κ3) is 26.6. The molecule has 1 amide bonds. The molecule has 0 aromatic heterocycles. The summed E-state index contributed by atoms with van der Waals surface area (Å²) >= 11 is 0. The monoisotopic (exact) mass is 414 g/mol. The van der Waals surface area contributed by atoms with Crippen LogP contribution < -0.4 is 5.73 Å². The predicted molar refractivity (Wildman–Crippen MR) is 121 cm³/mol. The van der Waals surface area contributed by atoms with Crippen molar-refractivity contribution in [1.29, 1.82) is 0 Å². The summed E-state index contributed by atoms with van der Waals surface area (Å²) in [6.45, 7) is 2.52. The molecule has 0 saturated heterocycles. The van der Waals surface area contributed by atoms with E-state index in [4.69, 9.17) is 15.9 Å². The molecule has 0 fully saturated rings. The molecule has 0 radical (unpaired) electrons. The van der Waals surface area contributed by atoms with E-state index in [0.717, 1.165) is 25.7 Å². The number of nitrogens with two attached hydrogens (primary N) is 1. The van der Waals surface area contributed by atoms with Crippen LogP contribution in [-0.4, -0.2) is 53.7 Å². The highest BCUT2D eigenvalue weighted by Gasteiger charge is 2.10. The largest absolute Gasteiger partial charge is 0.480 e. The lowest BCUT2D eigenvalue weighted by Crippen LogP contribution is -2.31. The number of likely N-dealkylation sites (N-methyl/N-ethyl adjacent to an activating group) is 1. The van der Waals surface area contributed by atoms with Crippen molar-refractivity contribution in [2.24, 2.45) is 5.73 Å². The van der Waals surface area contributed by atoms with Gasteiger partial charge in [0.15, 0.2) is 0 Å². The molecule has 0 aliphatic heterocycles. The number of hydrogen-bond donors (Lipinski definition) is 3. The number of unbranched alkanes of at least 4 members (excludes halogenated alkanes) is 11. The number of aliphatic hydroxyl groups is 1. The summed E-state index contributed by atoms with van der Waals surface area (Å²) in [6, 6.07) is 0. The number of carbonyl (C=O) groups is 2. The number of nitrogens with zero attached hydrogens (tertiary/aromatic N) is 1. The standard InChI is InChI=1S/C21H39NO3.C2H7NO/c1-3-4-5-6-7-8-9-10-11-12-13-14-15-16-17-18-20(23)22(2)19-21(24)25;3-1-2-4/h10-11H,3-9,12-19H2,1-2H3,(H,24,25);4H,1-3H2. The molecule has 0 aromatic carbocycles. The van der Waals surface area contributed by atoms with E-state index in [0.29, 0.717) is 13.0 Å². The van der Waals surface area contributed by atoms with Crippen molar-refractivity contribution in [2.75, 3.05) is 26.7 Å². The lowest BCUT2D eigenvalue weighted by atomic mass is 10.1. The zero-order valence-corrected chi connectivity index (χ0v) is 18.9. The summed E-state index contributed by atoms with van der Waals surface area (Å²) in [6.07, 6.45) is 21.1. The van der Waals surface area contributed by atoms with Gasteiger partial charge in [0.25, 0.3) is 0 Å². The lowest BCUT2D eigenvalue weighted by Gasteiger charge is -2.14. The molecule has 0 bridgehead atoms. The number of carboxylic acid groups (broad SMARTS) is 1. The molecule has 4 N–H and O–H groups in total. The summed E-state index contributed by atoms with van der Waals surface area (Å²) in [5.41, 5.74) is 4.78. The highest BCUT2D eigenvalue weighted by molar-refractivity contribution is 5.80. The maximum Gasteiger partial charge on any atom is 0.323 e. The number of rotatable bonds is 18. The van der Waals surface area contributed by atoms with E-state index in [1.165, 1.54) is 62.7 Å². The molecule has 6 nitrogen and oxygen atoms in total. The minimum absolute atomic E-state index is 0.0694. The molecule has 0 aliphatic carbocycles. The first-order chi connectivity index (χ1) is 14.0. The number of allylic oxidation sites excluding steroid dienone is 2. The minimum atomic E-state index is -0.958. The summed E-state index contributed by atoms with van der Waals surface area (Å²) < 4.78 is 0. The van der Waals surface area contributed by atoms with Gasteiger partial charge in [-0.1, -0.05) is 70.4 Å². The van der Waals surface area contributed by atoms with E-state index >= 15 is 0 Å². The second-order valence-corrected chi connectivity index (χ2v) is 7.49. The van der Waals surface area contributed by atoms with Gasteiger partial charge in [-0.2, -0.15) is 0 Å². The Labute approximate surface area is 178 Å². The van der Waals surface area contributed by atoms with Crippen LogP contribution in [0.25, 0.3) is 0 Å². The molecular weight excluding hydrogens is 368 g/mol. The predicted octanol–water partition coefficient (Wildman–Crippen LogP) is 4.50. The fourth-order valence-electron chi connectivity index (χ4n) is 2.83.